The molecular formula is C33H44FN5O5S. The van der Waals surface area contributed by atoms with Crippen LogP contribution in [-0.4, -0.2) is 68.9 Å². The van der Waals surface area contributed by atoms with Gasteiger partial charge in [0.25, 0.3) is 5.91 Å². The van der Waals surface area contributed by atoms with Crippen molar-refractivity contribution in [2.45, 2.75) is 71.1 Å². The molecule has 45 heavy (non-hydrogen) atoms. The molecule has 5 rings (SSSR count). The molecule has 2 atom stereocenters. The Kier molecular flexibility index (Phi) is 9.55. The lowest BCUT2D eigenvalue weighted by molar-refractivity contribution is -0.0337. The monoisotopic (exact) mass is 641 g/mol. The van der Waals surface area contributed by atoms with Gasteiger partial charge in [-0.1, -0.05) is 31.9 Å². The van der Waals surface area contributed by atoms with E-state index in [2.05, 4.69) is 21.6 Å². The lowest BCUT2D eigenvalue weighted by Gasteiger charge is -2.36. The maximum absolute atomic E-state index is 16.3. The molecule has 1 aliphatic carbocycles. The molecule has 3 aromatic rings. The largest absolute Gasteiger partial charge is 0.444 e. The number of benzene rings is 2. The molecule has 0 radical (unpaired) electrons. The van der Waals surface area contributed by atoms with Crippen LogP contribution in [0.25, 0.3) is 11.0 Å². The fourth-order valence-corrected chi connectivity index (χ4v) is 6.71. The molecular weight excluding hydrogens is 597 g/mol. The van der Waals surface area contributed by atoms with Gasteiger partial charge in [-0.05, 0) is 69.7 Å². The van der Waals surface area contributed by atoms with Crippen molar-refractivity contribution in [3.8, 4) is 0 Å². The molecule has 1 saturated carbocycles. The fourth-order valence-electron chi connectivity index (χ4n) is 6.09. The number of morpholine rings is 1. The standard InChI is InChI=1S/C33H44FN5O5S/c1-20-10-12-21(13-11-20)28(37-31(40)22-8-7-9-23(18-22)38-45(5,6)42)30-35-25-15-14-24(27(34)29(25)36-30)26-19-43-17-16-39(26)32(41)44-33(2,3)4/h7-9,14-15,18,20-21,26,28H,10-13,16-17,19H2,1-6H3,(H,35,36)(H,37,40)/t20?,21?,26?,28-/m0/s1. The number of hydrogen-bond donors (Lipinski definition) is 2. The van der Waals surface area contributed by atoms with Gasteiger partial charge in [-0.3, -0.25) is 9.69 Å². The highest BCUT2D eigenvalue weighted by Crippen LogP contribution is 2.38. The van der Waals surface area contributed by atoms with Gasteiger partial charge >= 0.3 is 6.09 Å². The Morgan fingerprint density at radius 2 is 1.91 bits per heavy atom. The second-order valence-electron chi connectivity index (χ2n) is 13.5. The van der Waals surface area contributed by atoms with Gasteiger partial charge in [-0.15, -0.1) is 0 Å². The lowest BCUT2D eigenvalue weighted by atomic mass is 9.79. The average molecular weight is 642 g/mol. The molecule has 12 heteroatoms. The Bertz CT molecular complexity index is 1680. The highest BCUT2D eigenvalue weighted by molar-refractivity contribution is 7.92. The van der Waals surface area contributed by atoms with Crippen molar-refractivity contribution in [1.29, 1.82) is 0 Å². The van der Waals surface area contributed by atoms with E-state index in [-0.39, 0.29) is 30.5 Å². The van der Waals surface area contributed by atoms with E-state index in [1.54, 1.807) is 69.7 Å². The molecule has 2 heterocycles. The van der Waals surface area contributed by atoms with Crippen LogP contribution in [0.4, 0.5) is 14.9 Å². The number of aromatic amines is 1. The normalized spacial score (nSPS) is 21.8. The Hall–Kier alpha value is -3.51. The predicted molar refractivity (Wildman–Crippen MR) is 172 cm³/mol. The van der Waals surface area contributed by atoms with Gasteiger partial charge in [0.05, 0.1) is 36.5 Å². The molecule has 2 fully saturated rings. The average Bonchev–Trinajstić information content (AvgIpc) is 3.40. The quantitative estimate of drug-likeness (QED) is 0.310. The van der Waals surface area contributed by atoms with Gasteiger partial charge in [-0.25, -0.2) is 18.4 Å². The van der Waals surface area contributed by atoms with Gasteiger partial charge in [0, 0.05) is 39.9 Å². The summed E-state index contributed by atoms with van der Waals surface area (Å²) < 4.78 is 44.0. The molecule has 1 unspecified atom stereocenters. The van der Waals surface area contributed by atoms with Crippen molar-refractivity contribution in [2.75, 3.05) is 32.3 Å². The summed E-state index contributed by atoms with van der Waals surface area (Å²) in [6.07, 6.45) is 6.39. The van der Waals surface area contributed by atoms with Crippen LogP contribution in [0.1, 0.15) is 87.2 Å². The number of H-pyrrole nitrogens is 1. The van der Waals surface area contributed by atoms with Crippen molar-refractivity contribution in [3.63, 3.8) is 0 Å². The van der Waals surface area contributed by atoms with Crippen molar-refractivity contribution >= 4 is 38.5 Å². The number of carbonyl (C=O) groups excluding carboxylic acids is 2. The zero-order chi connectivity index (χ0) is 32.5. The number of fused-ring (bicyclic) bond motifs is 1. The maximum Gasteiger partial charge on any atom is 0.410 e. The van der Waals surface area contributed by atoms with Gasteiger partial charge < -0.3 is 19.8 Å². The van der Waals surface area contributed by atoms with Gasteiger partial charge in [0.15, 0.2) is 5.82 Å². The molecule has 0 bridgehead atoms. The van der Waals surface area contributed by atoms with E-state index in [0.717, 1.165) is 25.7 Å². The van der Waals surface area contributed by atoms with E-state index in [0.29, 0.717) is 40.7 Å². The third-order valence-electron chi connectivity index (χ3n) is 8.30. The molecule has 1 aliphatic heterocycles. The zero-order valence-corrected chi connectivity index (χ0v) is 27.7. The number of nitrogens with one attached hydrogen (secondary N) is 2. The van der Waals surface area contributed by atoms with E-state index in [1.807, 2.05) is 0 Å². The van der Waals surface area contributed by atoms with Crippen LogP contribution < -0.4 is 5.32 Å². The number of hydrogen-bond acceptors (Lipinski definition) is 7. The van der Waals surface area contributed by atoms with Crippen LogP contribution in [0.2, 0.25) is 0 Å². The van der Waals surface area contributed by atoms with Crippen LogP contribution in [0, 0.1) is 17.7 Å². The first-order valence-electron chi connectivity index (χ1n) is 15.5. The number of carbonyl (C=O) groups is 2. The smallest absolute Gasteiger partial charge is 0.410 e. The van der Waals surface area contributed by atoms with Crippen molar-refractivity contribution in [1.82, 2.24) is 20.2 Å². The van der Waals surface area contributed by atoms with Crippen LogP contribution >= 0.6 is 0 Å². The first-order chi connectivity index (χ1) is 21.2. The van der Waals surface area contributed by atoms with Gasteiger partial charge in [-0.2, -0.15) is 4.36 Å². The summed E-state index contributed by atoms with van der Waals surface area (Å²) in [6.45, 7) is 8.35. The topological polar surface area (TPSA) is 126 Å². The van der Waals surface area contributed by atoms with E-state index in [1.165, 1.54) is 4.90 Å². The highest BCUT2D eigenvalue weighted by Gasteiger charge is 2.35. The summed E-state index contributed by atoms with van der Waals surface area (Å²) in [5.74, 6) is 0.307. The fraction of sp³-hybridized carbons (Fsp3) is 0.545. The Morgan fingerprint density at radius 3 is 2.60 bits per heavy atom. The Balaban J connectivity index is 1.47. The molecule has 2 amide bonds. The highest BCUT2D eigenvalue weighted by atomic mass is 32.2. The molecule has 2 N–H and O–H groups in total. The number of aromatic nitrogens is 2. The number of halogens is 1. The molecule has 1 saturated heterocycles. The van der Waals surface area contributed by atoms with E-state index >= 15 is 4.39 Å². The SMILES string of the molecule is CC1CCC([C@H](NC(=O)c2cccc(N=S(C)(C)=O)c2)c2nc3c(F)c(C4COCCN4C(=O)OC(C)(C)C)ccc3[nH]2)CC1. The summed E-state index contributed by atoms with van der Waals surface area (Å²) in [5, 5.41) is 3.17. The molecule has 1 aromatic heterocycles. The molecule has 2 aliphatic rings. The zero-order valence-electron chi connectivity index (χ0n) is 26.9. The van der Waals surface area contributed by atoms with Crippen molar-refractivity contribution < 1.29 is 27.7 Å². The summed E-state index contributed by atoms with van der Waals surface area (Å²) in [5.41, 5.74) is 1.09. The third-order valence-corrected chi connectivity index (χ3v) is 8.95. The summed E-state index contributed by atoms with van der Waals surface area (Å²) in [4.78, 5) is 36.1. The van der Waals surface area contributed by atoms with Crippen LogP contribution in [0.5, 0.6) is 0 Å². The van der Waals surface area contributed by atoms with E-state index in [4.69, 9.17) is 14.5 Å². The first kappa shape index (κ1) is 32.9. The molecule has 10 nitrogen and oxygen atoms in total. The van der Waals surface area contributed by atoms with E-state index in [9.17, 15) is 13.8 Å². The summed E-state index contributed by atoms with van der Waals surface area (Å²) in [7, 11) is -2.40. The Morgan fingerprint density at radius 1 is 1.18 bits per heavy atom. The van der Waals surface area contributed by atoms with Crippen molar-refractivity contribution in [2.24, 2.45) is 16.2 Å². The lowest BCUT2D eigenvalue weighted by Crippen LogP contribution is -2.46. The number of nitrogens with zero attached hydrogens (tertiary/aromatic N) is 3. The van der Waals surface area contributed by atoms with Crippen LogP contribution in [0.3, 0.4) is 0 Å². The third kappa shape index (κ3) is 8.02. The molecule has 244 valence electrons. The van der Waals surface area contributed by atoms with Crippen LogP contribution in [0.15, 0.2) is 40.8 Å². The number of amides is 2. The first-order valence-corrected chi connectivity index (χ1v) is 17.8. The molecule has 2 aromatic carbocycles. The molecule has 0 spiro atoms. The summed E-state index contributed by atoms with van der Waals surface area (Å²) >= 11 is 0. The second kappa shape index (κ2) is 13.1. The minimum atomic E-state index is -2.40. The number of ether oxygens (including phenoxy) is 2. The van der Waals surface area contributed by atoms with Gasteiger partial charge in [0.1, 0.15) is 16.9 Å². The number of rotatable bonds is 6. The van der Waals surface area contributed by atoms with Crippen molar-refractivity contribution in [3.05, 3.63) is 59.2 Å². The summed E-state index contributed by atoms with van der Waals surface area (Å²) in [6, 6.07) is 8.98. The van der Waals surface area contributed by atoms with Gasteiger partial charge in [0.2, 0.25) is 0 Å². The number of imidazole rings is 1. The minimum absolute atomic E-state index is 0.0977. The Labute approximate surface area is 264 Å². The maximum atomic E-state index is 16.3. The predicted octanol–water partition coefficient (Wildman–Crippen LogP) is 6.67. The van der Waals surface area contributed by atoms with Crippen LogP contribution in [-0.2, 0) is 19.2 Å². The van der Waals surface area contributed by atoms with E-state index < -0.39 is 39.3 Å². The second-order valence-corrected chi connectivity index (χ2v) is 16.1. The minimum Gasteiger partial charge on any atom is -0.444 e.